The molecule has 1 aliphatic carbocycles. The van der Waals surface area contributed by atoms with Crippen LogP contribution in [0.15, 0.2) is 65.7 Å². The van der Waals surface area contributed by atoms with E-state index in [1.165, 1.54) is 15.8 Å². The van der Waals surface area contributed by atoms with E-state index in [-0.39, 0.29) is 11.7 Å². The molecule has 0 spiro atoms. The van der Waals surface area contributed by atoms with Crippen molar-refractivity contribution < 1.29 is 14.6 Å². The van der Waals surface area contributed by atoms with Crippen LogP contribution in [0.4, 0.5) is 11.5 Å². The number of nitrogens with zero attached hydrogens (tertiary/aromatic N) is 4. The molecule has 232 valence electrons. The van der Waals surface area contributed by atoms with E-state index in [1.54, 1.807) is 32.6 Å². The lowest BCUT2D eigenvalue weighted by atomic mass is 9.96. The maximum absolute atomic E-state index is 12.8. The van der Waals surface area contributed by atoms with E-state index in [0.29, 0.717) is 28.7 Å². The molecule has 0 radical (unpaired) electrons. The molecule has 45 heavy (non-hydrogen) atoms. The van der Waals surface area contributed by atoms with Gasteiger partial charge in [-0.05, 0) is 73.9 Å². The first-order chi connectivity index (χ1) is 21.9. The molecular formula is C35H36ClN5O4. The van der Waals surface area contributed by atoms with Gasteiger partial charge >= 0.3 is 0 Å². The van der Waals surface area contributed by atoms with Crippen LogP contribution in [0.5, 0.6) is 5.88 Å². The Morgan fingerprint density at radius 3 is 2.64 bits per heavy atom. The summed E-state index contributed by atoms with van der Waals surface area (Å²) in [6.45, 7) is 3.40. The topological polar surface area (TPSA) is 111 Å². The highest BCUT2D eigenvalue weighted by Gasteiger charge is 2.21. The van der Waals surface area contributed by atoms with Gasteiger partial charge in [0.05, 0.1) is 42.1 Å². The number of aliphatic hydroxyl groups is 1. The molecule has 1 atom stereocenters. The number of aliphatic hydroxyl groups excluding tert-OH is 1. The minimum absolute atomic E-state index is 0.186. The average molecular weight is 626 g/mol. The number of methoxy groups -OCH3 is 1. The molecule has 3 aromatic heterocycles. The number of anilines is 2. The van der Waals surface area contributed by atoms with Crippen LogP contribution in [0.25, 0.3) is 33.2 Å². The highest BCUT2D eigenvalue weighted by Crippen LogP contribution is 2.41. The molecule has 5 aromatic rings. The third-order valence-corrected chi connectivity index (χ3v) is 8.80. The second-order valence-electron chi connectivity index (χ2n) is 11.3. The predicted molar refractivity (Wildman–Crippen MR) is 178 cm³/mol. The fourth-order valence-corrected chi connectivity index (χ4v) is 6.30. The van der Waals surface area contributed by atoms with Gasteiger partial charge in [-0.25, -0.2) is 14.6 Å². The summed E-state index contributed by atoms with van der Waals surface area (Å²) in [5.74, 6) is 1.17. The van der Waals surface area contributed by atoms with Gasteiger partial charge in [-0.1, -0.05) is 41.9 Å². The third kappa shape index (κ3) is 6.29. The lowest BCUT2D eigenvalue weighted by Gasteiger charge is -2.17. The predicted octanol–water partition coefficient (Wildman–Crippen LogP) is 6.42. The van der Waals surface area contributed by atoms with Gasteiger partial charge in [0, 0.05) is 47.6 Å². The molecular weight excluding hydrogens is 590 g/mol. The minimum Gasteiger partial charge on any atom is -0.481 e. The van der Waals surface area contributed by atoms with E-state index in [0.717, 1.165) is 77.7 Å². The number of halogens is 1. The Hall–Kier alpha value is -4.31. The van der Waals surface area contributed by atoms with Crippen LogP contribution in [0.2, 0.25) is 5.02 Å². The summed E-state index contributed by atoms with van der Waals surface area (Å²) in [5, 5.41) is 18.1. The minimum atomic E-state index is -0.208. The summed E-state index contributed by atoms with van der Waals surface area (Å²) in [7, 11) is 3.30. The van der Waals surface area contributed by atoms with E-state index < -0.39 is 0 Å². The lowest BCUT2D eigenvalue weighted by molar-refractivity contribution is -0.00535. The number of hydrogen-bond donors (Lipinski definition) is 2. The number of aryl methyl sites for hydroxylation is 2. The Kier molecular flexibility index (Phi) is 9.11. The van der Waals surface area contributed by atoms with Crippen molar-refractivity contribution in [2.45, 2.75) is 45.1 Å². The molecule has 1 unspecified atom stereocenters. The zero-order valence-corrected chi connectivity index (χ0v) is 26.4. The van der Waals surface area contributed by atoms with Crippen molar-refractivity contribution in [2.75, 3.05) is 25.6 Å². The SMILES string of the molecule is COc1nc(-c2cccc(-c3cccc(Nc4nccc5cnn(C)c(=O)c45)c3C)c2Cl)cc2c1CCC2.OC1CCCOC1. The summed E-state index contributed by atoms with van der Waals surface area (Å²) in [6, 6.07) is 15.9. The molecule has 10 heteroatoms. The van der Waals surface area contributed by atoms with Crippen LogP contribution in [0.3, 0.4) is 0 Å². The van der Waals surface area contributed by atoms with Crippen LogP contribution in [0, 0.1) is 6.92 Å². The number of ether oxygens (including phenoxy) is 2. The quantitative estimate of drug-likeness (QED) is 0.230. The van der Waals surface area contributed by atoms with Gasteiger partial charge in [0.25, 0.3) is 5.56 Å². The van der Waals surface area contributed by atoms with Gasteiger partial charge in [0.1, 0.15) is 5.82 Å². The van der Waals surface area contributed by atoms with Crippen molar-refractivity contribution in [3.05, 3.63) is 93.0 Å². The van der Waals surface area contributed by atoms with Gasteiger partial charge < -0.3 is 19.9 Å². The number of fused-ring (bicyclic) bond motifs is 2. The fourth-order valence-electron chi connectivity index (χ4n) is 5.97. The maximum Gasteiger partial charge on any atom is 0.278 e. The Labute approximate surface area is 266 Å². The van der Waals surface area contributed by atoms with E-state index >= 15 is 0 Å². The molecule has 7 rings (SSSR count). The smallest absolute Gasteiger partial charge is 0.278 e. The van der Waals surface area contributed by atoms with Crippen LogP contribution in [0.1, 0.15) is 36.0 Å². The number of hydrogen-bond acceptors (Lipinski definition) is 8. The zero-order chi connectivity index (χ0) is 31.5. The molecule has 1 aliphatic heterocycles. The van der Waals surface area contributed by atoms with Gasteiger partial charge in [-0.3, -0.25) is 4.79 Å². The average Bonchev–Trinajstić information content (AvgIpc) is 3.53. The molecule has 1 fully saturated rings. The van der Waals surface area contributed by atoms with Crippen molar-refractivity contribution in [2.24, 2.45) is 7.05 Å². The maximum atomic E-state index is 12.8. The highest BCUT2D eigenvalue weighted by atomic mass is 35.5. The first kappa shape index (κ1) is 30.7. The van der Waals surface area contributed by atoms with Gasteiger partial charge in [0.2, 0.25) is 5.88 Å². The Bertz CT molecular complexity index is 1920. The molecule has 0 saturated carbocycles. The van der Waals surface area contributed by atoms with Gasteiger partial charge in [0.15, 0.2) is 0 Å². The monoisotopic (exact) mass is 625 g/mol. The summed E-state index contributed by atoms with van der Waals surface area (Å²) >= 11 is 7.06. The number of pyridine rings is 2. The molecule has 9 nitrogen and oxygen atoms in total. The fraction of sp³-hybridized carbons (Fsp3) is 0.314. The normalized spacial score (nSPS) is 15.7. The van der Waals surface area contributed by atoms with E-state index in [1.807, 2.05) is 43.3 Å². The second-order valence-corrected chi connectivity index (χ2v) is 11.7. The van der Waals surface area contributed by atoms with Crippen LogP contribution >= 0.6 is 11.6 Å². The van der Waals surface area contributed by atoms with Crippen molar-refractivity contribution in [3.63, 3.8) is 0 Å². The zero-order valence-electron chi connectivity index (χ0n) is 25.6. The van der Waals surface area contributed by atoms with Crippen molar-refractivity contribution in [1.82, 2.24) is 19.7 Å². The largest absolute Gasteiger partial charge is 0.481 e. The molecule has 2 aromatic carbocycles. The van der Waals surface area contributed by atoms with E-state index in [4.69, 9.17) is 31.2 Å². The number of nitrogens with one attached hydrogen (secondary N) is 1. The Balaban J connectivity index is 0.000000452. The van der Waals surface area contributed by atoms with E-state index in [2.05, 4.69) is 21.5 Å². The summed E-state index contributed by atoms with van der Waals surface area (Å²) in [6.07, 6.45) is 8.20. The molecule has 2 N–H and O–H groups in total. The molecule has 0 amide bonds. The summed E-state index contributed by atoms with van der Waals surface area (Å²) in [4.78, 5) is 22.1. The number of rotatable bonds is 5. The van der Waals surface area contributed by atoms with Crippen molar-refractivity contribution >= 4 is 33.9 Å². The van der Waals surface area contributed by atoms with Crippen molar-refractivity contribution in [1.29, 1.82) is 0 Å². The van der Waals surface area contributed by atoms with Gasteiger partial charge in [-0.2, -0.15) is 5.10 Å². The van der Waals surface area contributed by atoms with Crippen LogP contribution in [-0.4, -0.2) is 51.3 Å². The Morgan fingerprint density at radius 1 is 1.09 bits per heavy atom. The number of benzene rings is 2. The highest BCUT2D eigenvalue weighted by molar-refractivity contribution is 6.36. The summed E-state index contributed by atoms with van der Waals surface area (Å²) < 4.78 is 11.9. The standard InChI is InChI=1S/C30H26ClN5O2.C5H10O2/c1-17-20(8-6-12-24(17)34-28-26-19(13-14-32-28)16-33-36(2)30(26)37)22-10-5-11-23(27(22)31)25-15-18-7-4-9-21(18)29(35-25)38-3;6-5-2-1-3-7-4-5/h5-6,8,10-16H,4,7,9H2,1-3H3,(H,32,34);5-6H,1-4H2. The summed E-state index contributed by atoms with van der Waals surface area (Å²) in [5.41, 5.74) is 7.64. The van der Waals surface area contributed by atoms with Crippen LogP contribution < -0.4 is 15.6 Å². The third-order valence-electron chi connectivity index (χ3n) is 8.39. The first-order valence-corrected chi connectivity index (χ1v) is 15.5. The molecule has 1 saturated heterocycles. The van der Waals surface area contributed by atoms with E-state index in [9.17, 15) is 4.79 Å². The lowest BCUT2D eigenvalue weighted by Crippen LogP contribution is -2.21. The molecule has 4 heterocycles. The Morgan fingerprint density at radius 2 is 1.89 bits per heavy atom. The second kappa shape index (κ2) is 13.4. The molecule has 0 bridgehead atoms. The first-order valence-electron chi connectivity index (χ1n) is 15.1. The van der Waals surface area contributed by atoms with Crippen LogP contribution in [-0.2, 0) is 24.6 Å². The van der Waals surface area contributed by atoms with Crippen molar-refractivity contribution in [3.8, 4) is 28.3 Å². The molecule has 2 aliphatic rings. The number of aromatic nitrogens is 4. The van der Waals surface area contributed by atoms with Gasteiger partial charge in [-0.15, -0.1) is 0 Å².